The van der Waals surface area contributed by atoms with Crippen LogP contribution in [0.4, 0.5) is 0 Å². The second-order valence-electron chi connectivity index (χ2n) is 4.66. The van der Waals surface area contributed by atoms with Crippen molar-refractivity contribution in [1.29, 1.82) is 0 Å². The SMILES string of the molecule is CCc1ccc(C(=O)N2CCN[C@@H](C)C2)cc1.Cl. The van der Waals surface area contributed by atoms with Gasteiger partial charge in [0, 0.05) is 31.2 Å². The third-order valence-corrected chi connectivity index (χ3v) is 3.27. The molecule has 1 aromatic carbocycles. The first-order valence-electron chi connectivity index (χ1n) is 6.32. The molecule has 0 unspecified atom stereocenters. The van der Waals surface area contributed by atoms with Gasteiger partial charge in [-0.2, -0.15) is 0 Å². The monoisotopic (exact) mass is 268 g/mol. The summed E-state index contributed by atoms with van der Waals surface area (Å²) < 4.78 is 0. The zero-order chi connectivity index (χ0) is 12.3. The van der Waals surface area contributed by atoms with Crippen LogP contribution in [-0.4, -0.2) is 36.5 Å². The summed E-state index contributed by atoms with van der Waals surface area (Å²) >= 11 is 0. The fraction of sp³-hybridized carbons (Fsp3) is 0.500. The van der Waals surface area contributed by atoms with E-state index in [-0.39, 0.29) is 18.3 Å². The van der Waals surface area contributed by atoms with Gasteiger partial charge in [0.1, 0.15) is 0 Å². The largest absolute Gasteiger partial charge is 0.336 e. The lowest BCUT2D eigenvalue weighted by Crippen LogP contribution is -2.51. The van der Waals surface area contributed by atoms with E-state index in [2.05, 4.69) is 19.2 Å². The second-order valence-corrected chi connectivity index (χ2v) is 4.66. The van der Waals surface area contributed by atoms with Gasteiger partial charge >= 0.3 is 0 Å². The van der Waals surface area contributed by atoms with E-state index in [4.69, 9.17) is 0 Å². The molecule has 1 fully saturated rings. The molecule has 0 aromatic heterocycles. The van der Waals surface area contributed by atoms with Crippen molar-refractivity contribution in [3.05, 3.63) is 35.4 Å². The van der Waals surface area contributed by atoms with Gasteiger partial charge in [-0.05, 0) is 31.0 Å². The van der Waals surface area contributed by atoms with Gasteiger partial charge in [-0.1, -0.05) is 19.1 Å². The Kier molecular flexibility index (Phi) is 5.63. The molecule has 1 amide bonds. The van der Waals surface area contributed by atoms with Gasteiger partial charge in [0.2, 0.25) is 0 Å². The first kappa shape index (κ1) is 15.0. The highest BCUT2D eigenvalue weighted by molar-refractivity contribution is 5.94. The number of aryl methyl sites for hydroxylation is 1. The Balaban J connectivity index is 0.00000162. The lowest BCUT2D eigenvalue weighted by Gasteiger charge is -2.32. The fourth-order valence-electron chi connectivity index (χ4n) is 2.18. The molecule has 1 aromatic rings. The van der Waals surface area contributed by atoms with E-state index in [0.29, 0.717) is 6.04 Å². The van der Waals surface area contributed by atoms with Crippen molar-refractivity contribution in [3.63, 3.8) is 0 Å². The van der Waals surface area contributed by atoms with Crippen LogP contribution in [-0.2, 0) is 6.42 Å². The van der Waals surface area contributed by atoms with Gasteiger partial charge in [0.15, 0.2) is 0 Å². The third-order valence-electron chi connectivity index (χ3n) is 3.27. The quantitative estimate of drug-likeness (QED) is 0.891. The standard InChI is InChI=1S/C14H20N2O.ClH/c1-3-12-4-6-13(7-5-12)14(17)16-9-8-15-11(2)10-16;/h4-7,11,15H,3,8-10H2,1-2H3;1H/t11-;/m0./s1. The maximum absolute atomic E-state index is 12.2. The van der Waals surface area contributed by atoms with Crippen LogP contribution in [0.1, 0.15) is 29.8 Å². The Bertz CT molecular complexity index is 391. The Morgan fingerprint density at radius 1 is 1.39 bits per heavy atom. The zero-order valence-electron chi connectivity index (χ0n) is 11.0. The van der Waals surface area contributed by atoms with Crippen molar-refractivity contribution < 1.29 is 4.79 Å². The average molecular weight is 269 g/mol. The molecule has 4 heteroatoms. The van der Waals surface area contributed by atoms with Gasteiger partial charge < -0.3 is 10.2 Å². The molecule has 100 valence electrons. The molecule has 0 aliphatic carbocycles. The number of halogens is 1. The highest BCUT2D eigenvalue weighted by Crippen LogP contribution is 2.10. The van der Waals surface area contributed by atoms with Gasteiger partial charge in [-0.25, -0.2) is 0 Å². The minimum absolute atomic E-state index is 0. The van der Waals surface area contributed by atoms with Gasteiger partial charge in [-0.3, -0.25) is 4.79 Å². The summed E-state index contributed by atoms with van der Waals surface area (Å²) in [5.74, 6) is 0.154. The first-order valence-corrected chi connectivity index (χ1v) is 6.32. The Labute approximate surface area is 115 Å². The van der Waals surface area contributed by atoms with Crippen LogP contribution in [0.15, 0.2) is 24.3 Å². The minimum Gasteiger partial charge on any atom is -0.336 e. The molecule has 1 saturated heterocycles. The molecule has 1 aliphatic rings. The Morgan fingerprint density at radius 3 is 2.61 bits per heavy atom. The summed E-state index contributed by atoms with van der Waals surface area (Å²) in [6.45, 7) is 6.72. The lowest BCUT2D eigenvalue weighted by atomic mass is 10.1. The molecule has 0 spiro atoms. The number of hydrogen-bond acceptors (Lipinski definition) is 2. The maximum atomic E-state index is 12.2. The molecule has 1 heterocycles. The van der Waals surface area contributed by atoms with Crippen LogP contribution >= 0.6 is 12.4 Å². The molecule has 0 radical (unpaired) electrons. The lowest BCUT2D eigenvalue weighted by molar-refractivity contribution is 0.0709. The van der Waals surface area contributed by atoms with E-state index in [0.717, 1.165) is 31.6 Å². The van der Waals surface area contributed by atoms with Gasteiger partial charge in [0.25, 0.3) is 5.91 Å². The molecule has 0 saturated carbocycles. The number of benzene rings is 1. The number of carbonyl (C=O) groups excluding carboxylic acids is 1. The van der Waals surface area contributed by atoms with Crippen molar-refractivity contribution in [2.24, 2.45) is 0 Å². The van der Waals surface area contributed by atoms with E-state index in [9.17, 15) is 4.79 Å². The minimum atomic E-state index is 0. The highest BCUT2D eigenvalue weighted by atomic mass is 35.5. The summed E-state index contributed by atoms with van der Waals surface area (Å²) in [7, 11) is 0. The van der Waals surface area contributed by atoms with Crippen LogP contribution in [0.5, 0.6) is 0 Å². The maximum Gasteiger partial charge on any atom is 0.253 e. The molecule has 3 nitrogen and oxygen atoms in total. The second kappa shape index (κ2) is 6.76. The predicted molar refractivity (Wildman–Crippen MR) is 76.4 cm³/mol. The third kappa shape index (κ3) is 3.47. The Hall–Kier alpha value is -1.06. The molecule has 2 rings (SSSR count). The van der Waals surface area contributed by atoms with E-state index in [1.807, 2.05) is 29.2 Å². The van der Waals surface area contributed by atoms with Crippen molar-refractivity contribution in [3.8, 4) is 0 Å². The number of piperazine rings is 1. The van der Waals surface area contributed by atoms with E-state index < -0.39 is 0 Å². The summed E-state index contributed by atoms with van der Waals surface area (Å²) in [4.78, 5) is 14.2. The van der Waals surface area contributed by atoms with Crippen molar-refractivity contribution in [2.75, 3.05) is 19.6 Å². The van der Waals surface area contributed by atoms with Crippen molar-refractivity contribution >= 4 is 18.3 Å². The summed E-state index contributed by atoms with van der Waals surface area (Å²) in [5.41, 5.74) is 2.08. The molecule has 0 bridgehead atoms. The number of nitrogens with zero attached hydrogens (tertiary/aromatic N) is 1. The molecule has 1 aliphatic heterocycles. The van der Waals surface area contributed by atoms with Crippen LogP contribution in [0.3, 0.4) is 0 Å². The molecular weight excluding hydrogens is 248 g/mol. The topological polar surface area (TPSA) is 32.3 Å². The zero-order valence-corrected chi connectivity index (χ0v) is 11.8. The van der Waals surface area contributed by atoms with E-state index in [1.54, 1.807) is 0 Å². The fourth-order valence-corrected chi connectivity index (χ4v) is 2.18. The predicted octanol–water partition coefficient (Wildman–Crippen LogP) is 2.10. The van der Waals surface area contributed by atoms with Crippen LogP contribution in [0, 0.1) is 0 Å². The number of carbonyl (C=O) groups is 1. The average Bonchev–Trinajstić information content (AvgIpc) is 2.38. The smallest absolute Gasteiger partial charge is 0.253 e. The van der Waals surface area contributed by atoms with Crippen molar-refractivity contribution in [2.45, 2.75) is 26.3 Å². The number of rotatable bonds is 2. The summed E-state index contributed by atoms with van der Waals surface area (Å²) in [6.07, 6.45) is 1.01. The summed E-state index contributed by atoms with van der Waals surface area (Å²) in [6, 6.07) is 8.35. The number of nitrogens with one attached hydrogen (secondary N) is 1. The number of hydrogen-bond donors (Lipinski definition) is 1. The highest BCUT2D eigenvalue weighted by Gasteiger charge is 2.21. The Morgan fingerprint density at radius 2 is 2.06 bits per heavy atom. The normalized spacial score (nSPS) is 19.2. The summed E-state index contributed by atoms with van der Waals surface area (Å²) in [5, 5.41) is 3.34. The van der Waals surface area contributed by atoms with Gasteiger partial charge in [-0.15, -0.1) is 12.4 Å². The van der Waals surface area contributed by atoms with Crippen LogP contribution in [0.2, 0.25) is 0 Å². The van der Waals surface area contributed by atoms with Crippen LogP contribution < -0.4 is 5.32 Å². The van der Waals surface area contributed by atoms with E-state index in [1.165, 1.54) is 5.56 Å². The molecule has 18 heavy (non-hydrogen) atoms. The van der Waals surface area contributed by atoms with Gasteiger partial charge in [0.05, 0.1) is 0 Å². The van der Waals surface area contributed by atoms with Crippen molar-refractivity contribution in [1.82, 2.24) is 10.2 Å². The van der Waals surface area contributed by atoms with E-state index >= 15 is 0 Å². The molecular formula is C14H21ClN2O. The molecule has 1 N–H and O–H groups in total. The van der Waals surface area contributed by atoms with Crippen LogP contribution in [0.25, 0.3) is 0 Å². The molecule has 1 atom stereocenters. The number of amides is 1. The first-order chi connectivity index (χ1) is 8.20.